The monoisotopic (exact) mass is 393 g/mol. The van der Waals surface area contributed by atoms with E-state index in [1.54, 1.807) is 0 Å². The largest absolute Gasteiger partial charge is 0.454 e. The van der Waals surface area contributed by atoms with Crippen LogP contribution in [0.25, 0.3) is 16.9 Å². The zero-order valence-electron chi connectivity index (χ0n) is 17.0. The van der Waals surface area contributed by atoms with Gasteiger partial charge in [0, 0.05) is 30.0 Å². The second-order valence-electron chi connectivity index (χ2n) is 8.12. The number of nitrogen functional groups attached to an aromatic ring is 1. The number of likely N-dealkylation sites (tertiary alicyclic amines) is 1. The highest BCUT2D eigenvalue weighted by Gasteiger charge is 2.24. The van der Waals surface area contributed by atoms with Crippen LogP contribution < -0.4 is 15.2 Å². The summed E-state index contributed by atoms with van der Waals surface area (Å²) in [5.74, 6) is 1.56. The van der Waals surface area contributed by atoms with E-state index in [-0.39, 0.29) is 6.79 Å². The van der Waals surface area contributed by atoms with Gasteiger partial charge in [0.25, 0.3) is 0 Å². The number of nitrogens with zero attached hydrogens (tertiary/aromatic N) is 4. The summed E-state index contributed by atoms with van der Waals surface area (Å²) < 4.78 is 13.2. The summed E-state index contributed by atoms with van der Waals surface area (Å²) in [7, 11) is 4.41. The van der Waals surface area contributed by atoms with E-state index in [0.717, 1.165) is 59.4 Å². The van der Waals surface area contributed by atoms with Gasteiger partial charge < -0.3 is 24.5 Å². The molecule has 0 amide bonds. The van der Waals surface area contributed by atoms with Gasteiger partial charge in [-0.2, -0.15) is 0 Å². The van der Waals surface area contributed by atoms with Crippen molar-refractivity contribution >= 4 is 11.3 Å². The molecule has 5 rings (SSSR count). The van der Waals surface area contributed by atoms with E-state index >= 15 is 0 Å². The number of anilines is 1. The van der Waals surface area contributed by atoms with Crippen LogP contribution in [0.2, 0.25) is 0 Å². The molecule has 0 atom stereocenters. The number of piperidine rings is 1. The maximum atomic E-state index is 6.10. The van der Waals surface area contributed by atoms with Crippen molar-refractivity contribution in [1.29, 1.82) is 0 Å². The number of benzene rings is 1. The number of rotatable bonds is 4. The zero-order chi connectivity index (χ0) is 20.0. The Kier molecular flexibility index (Phi) is 4.56. The Balaban J connectivity index is 1.54. The highest BCUT2D eigenvalue weighted by atomic mass is 16.7. The van der Waals surface area contributed by atoms with Gasteiger partial charge in [0.2, 0.25) is 6.79 Å². The molecule has 2 aromatic heterocycles. The molecular weight excluding hydrogens is 366 g/mol. The van der Waals surface area contributed by atoms with Gasteiger partial charge in [0.1, 0.15) is 5.65 Å². The summed E-state index contributed by atoms with van der Waals surface area (Å²) >= 11 is 0. The molecule has 7 heteroatoms. The Morgan fingerprint density at radius 3 is 2.76 bits per heavy atom. The van der Waals surface area contributed by atoms with E-state index < -0.39 is 0 Å². The first kappa shape index (κ1) is 18.3. The number of fused-ring (bicyclic) bond motifs is 2. The van der Waals surface area contributed by atoms with E-state index in [9.17, 15) is 0 Å². The minimum Gasteiger partial charge on any atom is -0.454 e. The maximum Gasteiger partial charge on any atom is 0.231 e. The van der Waals surface area contributed by atoms with Gasteiger partial charge >= 0.3 is 0 Å². The first-order chi connectivity index (χ1) is 14.1. The molecule has 0 unspecified atom stereocenters. The lowest BCUT2D eigenvalue weighted by Gasteiger charge is -2.35. The minimum atomic E-state index is 0.270. The van der Waals surface area contributed by atoms with Crippen molar-refractivity contribution in [1.82, 2.24) is 19.2 Å². The lowest BCUT2D eigenvalue weighted by molar-refractivity contribution is 0.138. The lowest BCUT2D eigenvalue weighted by atomic mass is 10.0. The van der Waals surface area contributed by atoms with Crippen molar-refractivity contribution in [3.8, 4) is 22.8 Å². The molecule has 2 aliphatic heterocycles. The minimum absolute atomic E-state index is 0.270. The molecule has 1 saturated heterocycles. The number of imidazole rings is 1. The van der Waals surface area contributed by atoms with Crippen molar-refractivity contribution in [3.05, 3.63) is 42.2 Å². The second kappa shape index (κ2) is 7.24. The summed E-state index contributed by atoms with van der Waals surface area (Å²) in [5, 5.41) is 0. The van der Waals surface area contributed by atoms with Crippen LogP contribution in [0.5, 0.6) is 11.5 Å². The van der Waals surface area contributed by atoms with Gasteiger partial charge in [-0.25, -0.2) is 4.98 Å². The molecule has 152 valence electrons. The van der Waals surface area contributed by atoms with Crippen LogP contribution >= 0.6 is 0 Å². The standard InChI is InChI=1S/C22H27N5O2/c1-25-9-7-17(8-10-25)26(2)13-18-22(24-21-6-4-16(23)12-27(18)21)15-3-5-19-20(11-15)29-14-28-19/h3-6,11-12,17H,7-10,13-14,23H2,1-2H3. The second-order valence-corrected chi connectivity index (χ2v) is 8.12. The van der Waals surface area contributed by atoms with Gasteiger partial charge in [-0.15, -0.1) is 0 Å². The highest BCUT2D eigenvalue weighted by molar-refractivity contribution is 5.70. The third-order valence-electron chi connectivity index (χ3n) is 6.10. The molecule has 4 heterocycles. The van der Waals surface area contributed by atoms with Gasteiger partial charge in [-0.3, -0.25) is 4.90 Å². The third-order valence-corrected chi connectivity index (χ3v) is 6.10. The van der Waals surface area contributed by atoms with Crippen LogP contribution in [0.15, 0.2) is 36.5 Å². The first-order valence-electron chi connectivity index (χ1n) is 10.1. The summed E-state index contributed by atoms with van der Waals surface area (Å²) in [4.78, 5) is 9.79. The van der Waals surface area contributed by atoms with Crippen molar-refractivity contribution in [2.75, 3.05) is 39.7 Å². The topological polar surface area (TPSA) is 68.3 Å². The summed E-state index contributed by atoms with van der Waals surface area (Å²) in [6, 6.07) is 10.5. The van der Waals surface area contributed by atoms with Crippen LogP contribution in [0.1, 0.15) is 18.5 Å². The Labute approximate surface area is 170 Å². The Morgan fingerprint density at radius 2 is 1.93 bits per heavy atom. The number of hydrogen-bond donors (Lipinski definition) is 1. The first-order valence-corrected chi connectivity index (χ1v) is 10.1. The fraction of sp³-hybridized carbons (Fsp3) is 0.409. The van der Waals surface area contributed by atoms with Crippen LogP contribution in [0.4, 0.5) is 5.69 Å². The molecule has 1 fully saturated rings. The van der Waals surface area contributed by atoms with Crippen LogP contribution in [0, 0.1) is 0 Å². The molecule has 0 radical (unpaired) electrons. The number of hydrogen-bond acceptors (Lipinski definition) is 6. The molecular formula is C22H27N5O2. The van der Waals surface area contributed by atoms with Crippen LogP contribution in [0.3, 0.4) is 0 Å². The highest BCUT2D eigenvalue weighted by Crippen LogP contribution is 2.37. The third kappa shape index (κ3) is 3.41. The van der Waals surface area contributed by atoms with Crippen molar-refractivity contribution < 1.29 is 9.47 Å². The molecule has 0 saturated carbocycles. The number of aromatic nitrogens is 2. The Hall–Kier alpha value is -2.77. The molecule has 0 bridgehead atoms. The average Bonchev–Trinajstić information content (AvgIpc) is 3.32. The van der Waals surface area contributed by atoms with Gasteiger partial charge in [-0.05, 0) is 70.4 Å². The van der Waals surface area contributed by atoms with E-state index in [0.29, 0.717) is 6.04 Å². The number of ether oxygens (including phenoxy) is 2. The summed E-state index contributed by atoms with van der Waals surface area (Å²) in [6.07, 6.45) is 4.34. The molecule has 0 spiro atoms. The van der Waals surface area contributed by atoms with E-state index in [4.69, 9.17) is 20.2 Å². The number of pyridine rings is 1. The van der Waals surface area contributed by atoms with Crippen molar-refractivity contribution in [2.24, 2.45) is 0 Å². The van der Waals surface area contributed by atoms with Gasteiger partial charge in [0.05, 0.1) is 11.4 Å². The van der Waals surface area contributed by atoms with Crippen molar-refractivity contribution in [2.45, 2.75) is 25.4 Å². The quantitative estimate of drug-likeness (QED) is 0.735. The Morgan fingerprint density at radius 1 is 1.14 bits per heavy atom. The summed E-state index contributed by atoms with van der Waals surface area (Å²) in [6.45, 7) is 3.36. The van der Waals surface area contributed by atoms with Gasteiger partial charge in [-0.1, -0.05) is 0 Å². The molecule has 2 N–H and O–H groups in total. The van der Waals surface area contributed by atoms with Gasteiger partial charge in [0.15, 0.2) is 11.5 Å². The molecule has 0 aliphatic carbocycles. The predicted octanol–water partition coefficient (Wildman–Crippen LogP) is 2.84. The molecule has 3 aromatic rings. The number of nitrogens with two attached hydrogens (primary N) is 1. The normalized spacial score (nSPS) is 17.5. The molecule has 7 nitrogen and oxygen atoms in total. The van der Waals surface area contributed by atoms with Crippen LogP contribution in [-0.4, -0.2) is 59.2 Å². The predicted molar refractivity (Wildman–Crippen MR) is 113 cm³/mol. The maximum absolute atomic E-state index is 6.10. The zero-order valence-corrected chi connectivity index (χ0v) is 17.0. The van der Waals surface area contributed by atoms with E-state index in [2.05, 4.69) is 34.4 Å². The fourth-order valence-electron chi connectivity index (χ4n) is 4.34. The average molecular weight is 393 g/mol. The van der Waals surface area contributed by atoms with E-state index in [1.165, 1.54) is 12.8 Å². The molecule has 1 aromatic carbocycles. The Bertz CT molecular complexity index is 1040. The lowest BCUT2D eigenvalue weighted by Crippen LogP contribution is -2.41. The smallest absolute Gasteiger partial charge is 0.231 e. The van der Waals surface area contributed by atoms with Crippen LogP contribution in [-0.2, 0) is 6.54 Å². The SMILES string of the molecule is CN1CCC(N(C)Cc2c(-c3ccc4c(c3)OCO4)nc3ccc(N)cn23)CC1. The molecule has 2 aliphatic rings. The van der Waals surface area contributed by atoms with Crippen molar-refractivity contribution in [3.63, 3.8) is 0 Å². The molecule has 29 heavy (non-hydrogen) atoms. The summed E-state index contributed by atoms with van der Waals surface area (Å²) in [5.41, 5.74) is 10.9. The fourth-order valence-corrected chi connectivity index (χ4v) is 4.34. The van der Waals surface area contributed by atoms with E-state index in [1.807, 2.05) is 30.5 Å².